The third-order valence-electron chi connectivity index (χ3n) is 3.01. The fourth-order valence-electron chi connectivity index (χ4n) is 1.93. The van der Waals surface area contributed by atoms with Crippen molar-refractivity contribution < 1.29 is 45.3 Å². The number of carbonyl (C=O) groups is 3. The van der Waals surface area contributed by atoms with Crippen molar-refractivity contribution in [3.8, 4) is 0 Å². The Morgan fingerprint density at radius 2 is 1.66 bits per heavy atom. The molecular weight excluding hydrogens is 651 g/mol. The van der Waals surface area contributed by atoms with Gasteiger partial charge in [-0.15, -0.1) is 0 Å². The molecule has 2 amide bonds. The number of alkyl halides is 3. The predicted molar refractivity (Wildman–Crippen MR) is 112 cm³/mol. The second-order valence-electron chi connectivity index (χ2n) is 5.52. The fraction of sp³-hybridized carbons (Fsp3) is 0.357. The van der Waals surface area contributed by atoms with E-state index in [9.17, 15) is 36.0 Å². The van der Waals surface area contributed by atoms with Crippen molar-refractivity contribution in [1.29, 1.82) is 0 Å². The van der Waals surface area contributed by atoms with Crippen molar-refractivity contribution in [2.24, 2.45) is 0 Å². The second kappa shape index (κ2) is 9.73. The van der Waals surface area contributed by atoms with Crippen LogP contribution in [0.4, 0.5) is 24.5 Å². The van der Waals surface area contributed by atoms with Crippen LogP contribution >= 0.6 is 45.2 Å². The lowest BCUT2D eigenvalue weighted by Gasteiger charge is -2.21. The molecule has 1 atom stereocenters. The summed E-state index contributed by atoms with van der Waals surface area (Å²) >= 11 is 3.33. The molecule has 1 aromatic carbocycles. The minimum absolute atomic E-state index is 0.00548. The standard InChI is InChI=1S/C14H13F3I2N2O7S/c1-5(22)20-8-3-7(10(18)12(11(8)19)21-6(2)23)13(24)28-9(14(15,16)17)4-29(25,26)27/h3,9H,4H2,1-2H3,(H,20,22)(H,21,23)(H,25,26,27). The van der Waals surface area contributed by atoms with Crippen molar-refractivity contribution in [1.82, 2.24) is 0 Å². The monoisotopic (exact) mass is 664 g/mol. The van der Waals surface area contributed by atoms with Gasteiger partial charge in [-0.25, -0.2) is 4.79 Å². The Labute approximate surface area is 190 Å². The van der Waals surface area contributed by atoms with Gasteiger partial charge in [0.05, 0.1) is 24.1 Å². The van der Waals surface area contributed by atoms with Crippen molar-refractivity contribution in [2.75, 3.05) is 16.4 Å². The highest BCUT2D eigenvalue weighted by Crippen LogP contribution is 2.35. The van der Waals surface area contributed by atoms with E-state index < -0.39 is 51.5 Å². The number of nitrogens with one attached hydrogen (secondary N) is 2. The first-order valence-electron chi connectivity index (χ1n) is 7.33. The lowest BCUT2D eigenvalue weighted by atomic mass is 10.1. The van der Waals surface area contributed by atoms with Crippen LogP contribution in [0.3, 0.4) is 0 Å². The van der Waals surface area contributed by atoms with Gasteiger partial charge in [0.2, 0.25) is 17.9 Å². The van der Waals surface area contributed by atoms with Gasteiger partial charge in [0, 0.05) is 13.8 Å². The Kier molecular flexibility index (Phi) is 8.67. The van der Waals surface area contributed by atoms with E-state index in [2.05, 4.69) is 15.4 Å². The van der Waals surface area contributed by atoms with Gasteiger partial charge >= 0.3 is 12.1 Å². The maximum Gasteiger partial charge on any atom is 0.426 e. The Bertz CT molecular complexity index is 952. The van der Waals surface area contributed by atoms with Gasteiger partial charge in [-0.05, 0) is 51.2 Å². The molecule has 1 aromatic rings. The van der Waals surface area contributed by atoms with Gasteiger partial charge < -0.3 is 15.4 Å². The van der Waals surface area contributed by atoms with Gasteiger partial charge in [-0.2, -0.15) is 21.6 Å². The minimum atomic E-state index is -5.28. The smallest absolute Gasteiger partial charge is 0.426 e. The van der Waals surface area contributed by atoms with E-state index in [0.29, 0.717) is 3.57 Å². The molecule has 1 rings (SSSR count). The topological polar surface area (TPSA) is 139 Å². The molecule has 162 valence electrons. The van der Waals surface area contributed by atoms with Gasteiger partial charge in [-0.3, -0.25) is 14.1 Å². The zero-order valence-corrected chi connectivity index (χ0v) is 19.7. The first-order valence-corrected chi connectivity index (χ1v) is 11.1. The van der Waals surface area contributed by atoms with Gasteiger partial charge in [-0.1, -0.05) is 0 Å². The van der Waals surface area contributed by atoms with Crippen LogP contribution < -0.4 is 10.6 Å². The van der Waals surface area contributed by atoms with E-state index >= 15 is 0 Å². The van der Waals surface area contributed by atoms with E-state index in [4.69, 9.17) is 4.55 Å². The zero-order chi connectivity index (χ0) is 22.7. The van der Waals surface area contributed by atoms with Crippen LogP contribution in [-0.4, -0.2) is 48.8 Å². The number of benzene rings is 1. The van der Waals surface area contributed by atoms with E-state index in [1.165, 1.54) is 0 Å². The highest BCUT2D eigenvalue weighted by molar-refractivity contribution is 14.1. The molecule has 1 unspecified atom stereocenters. The van der Waals surface area contributed by atoms with Crippen molar-refractivity contribution >= 4 is 84.5 Å². The lowest BCUT2D eigenvalue weighted by molar-refractivity contribution is -0.197. The first kappa shape index (κ1) is 25.8. The Morgan fingerprint density at radius 3 is 2.07 bits per heavy atom. The SMILES string of the molecule is CC(=O)Nc1cc(C(=O)OC(CS(=O)(=O)O)C(F)(F)F)c(I)c(NC(C)=O)c1I. The second-order valence-corrected chi connectivity index (χ2v) is 9.18. The Hall–Kier alpha value is -1.21. The number of esters is 1. The average molecular weight is 664 g/mol. The summed E-state index contributed by atoms with van der Waals surface area (Å²) in [6.45, 7) is 2.30. The largest absolute Gasteiger partial charge is 0.448 e. The first-order chi connectivity index (χ1) is 13.0. The summed E-state index contributed by atoms with van der Waals surface area (Å²) in [6.07, 6.45) is -8.41. The summed E-state index contributed by atoms with van der Waals surface area (Å²) in [5.74, 6) is -4.58. The maximum atomic E-state index is 13.0. The molecule has 0 aliphatic carbocycles. The number of anilines is 2. The highest BCUT2D eigenvalue weighted by atomic mass is 127. The van der Waals surface area contributed by atoms with E-state index in [1.807, 2.05) is 0 Å². The predicted octanol–water partition coefficient (Wildman–Crippen LogP) is 2.79. The summed E-state index contributed by atoms with van der Waals surface area (Å²) in [5, 5.41) is 4.77. The molecule has 0 saturated carbocycles. The van der Waals surface area contributed by atoms with Crippen LogP contribution in [0.5, 0.6) is 0 Å². The average Bonchev–Trinajstić information content (AvgIpc) is 2.50. The van der Waals surface area contributed by atoms with Crippen LogP contribution in [0.2, 0.25) is 0 Å². The van der Waals surface area contributed by atoms with E-state index in [1.54, 1.807) is 45.2 Å². The normalized spacial score (nSPS) is 12.8. The number of hydrogen-bond acceptors (Lipinski definition) is 6. The van der Waals surface area contributed by atoms with Crippen LogP contribution in [0.25, 0.3) is 0 Å². The molecule has 0 bridgehead atoms. The summed E-state index contributed by atoms with van der Waals surface area (Å²) in [4.78, 5) is 35.2. The highest BCUT2D eigenvalue weighted by Gasteiger charge is 2.46. The Morgan fingerprint density at radius 1 is 1.14 bits per heavy atom. The number of amides is 2. The van der Waals surface area contributed by atoms with Crippen LogP contribution in [0.15, 0.2) is 6.07 Å². The molecule has 0 radical (unpaired) electrons. The van der Waals surface area contributed by atoms with Crippen LogP contribution in [0.1, 0.15) is 24.2 Å². The molecule has 0 aliphatic rings. The summed E-state index contributed by atoms with van der Waals surface area (Å²) in [6, 6.07) is 1.03. The van der Waals surface area contributed by atoms with Gasteiger partial charge in [0.1, 0.15) is 5.75 Å². The third-order valence-corrected chi connectivity index (χ3v) is 5.97. The summed E-state index contributed by atoms with van der Waals surface area (Å²) < 4.78 is 74.0. The number of carbonyl (C=O) groups excluding carboxylic acids is 3. The van der Waals surface area contributed by atoms with Crippen LogP contribution in [0, 0.1) is 7.14 Å². The number of hydrogen-bond donors (Lipinski definition) is 3. The molecule has 9 nitrogen and oxygen atoms in total. The van der Waals surface area contributed by atoms with Crippen molar-refractivity contribution in [2.45, 2.75) is 26.1 Å². The van der Waals surface area contributed by atoms with E-state index in [0.717, 1.165) is 19.9 Å². The van der Waals surface area contributed by atoms with Crippen molar-refractivity contribution in [3.05, 3.63) is 18.8 Å². The summed E-state index contributed by atoms with van der Waals surface area (Å²) in [5.41, 5.74) is -0.425. The van der Waals surface area contributed by atoms with Gasteiger partial charge in [0.25, 0.3) is 10.1 Å². The molecule has 15 heteroatoms. The lowest BCUT2D eigenvalue weighted by Crippen LogP contribution is -2.39. The molecule has 0 fully saturated rings. The molecule has 0 aromatic heterocycles. The minimum Gasteiger partial charge on any atom is -0.448 e. The third kappa shape index (κ3) is 7.85. The number of rotatable bonds is 6. The zero-order valence-electron chi connectivity index (χ0n) is 14.6. The maximum absolute atomic E-state index is 13.0. The fourth-order valence-corrected chi connectivity index (χ4v) is 4.56. The van der Waals surface area contributed by atoms with Crippen molar-refractivity contribution in [3.63, 3.8) is 0 Å². The molecule has 3 N–H and O–H groups in total. The molecule has 0 aliphatic heterocycles. The molecule has 29 heavy (non-hydrogen) atoms. The van der Waals surface area contributed by atoms with E-state index in [-0.39, 0.29) is 14.9 Å². The summed E-state index contributed by atoms with van der Waals surface area (Å²) in [7, 11) is -5.11. The molecule has 0 saturated heterocycles. The quantitative estimate of drug-likeness (QED) is 0.242. The molecule has 0 heterocycles. The van der Waals surface area contributed by atoms with Gasteiger partial charge in [0.15, 0.2) is 0 Å². The Balaban J connectivity index is 3.48. The number of halogens is 5. The molecular formula is C14H13F3I2N2O7S. The number of ether oxygens (including phenoxy) is 1. The molecule has 0 spiro atoms. The van der Waals surface area contributed by atoms with Crippen LogP contribution in [-0.2, 0) is 24.4 Å².